The number of nitrogens with two attached hydrogens (primary N) is 1. The van der Waals surface area contributed by atoms with E-state index in [0.29, 0.717) is 55.4 Å². The average molecular weight is 501 g/mol. The maximum atomic E-state index is 13.6. The number of hydrogen-bond acceptors (Lipinski definition) is 7. The predicted octanol–water partition coefficient (Wildman–Crippen LogP) is 2.65. The molecule has 0 bridgehead atoms. The smallest absolute Gasteiger partial charge is 0.267 e. The Balaban J connectivity index is 1.73. The quantitative estimate of drug-likeness (QED) is 0.375. The maximum absolute atomic E-state index is 13.6. The van der Waals surface area contributed by atoms with Gasteiger partial charge in [0, 0.05) is 30.9 Å². The van der Waals surface area contributed by atoms with Crippen LogP contribution in [0.1, 0.15) is 30.9 Å². The van der Waals surface area contributed by atoms with Crippen LogP contribution in [0.15, 0.2) is 53.0 Å². The number of primary amides is 1. The molecule has 1 aliphatic heterocycles. The summed E-state index contributed by atoms with van der Waals surface area (Å²) in [7, 11) is 0. The van der Waals surface area contributed by atoms with E-state index >= 15 is 0 Å². The Labute approximate surface area is 214 Å². The standard InChI is InChI=1S/C27H28N6O4/c1-3-37-21-8-6-20(7-9-21)30-26(35)19(16-28)15-22-25(32-13-10-18(11-14-32)23(29)34)31-24-17(2)5-4-12-33(24)27(22)36/h4-9,12,15,18H,3,10-11,13-14H2,1-2H3,(H2,29,34)(H,30,35)/b19-15+. The van der Waals surface area contributed by atoms with Gasteiger partial charge in [-0.25, -0.2) is 4.98 Å². The molecule has 3 aromatic rings. The number of anilines is 2. The summed E-state index contributed by atoms with van der Waals surface area (Å²) in [4.78, 5) is 44.8. The predicted molar refractivity (Wildman–Crippen MR) is 140 cm³/mol. The first kappa shape index (κ1) is 25.4. The lowest BCUT2D eigenvalue weighted by molar-refractivity contribution is -0.122. The molecule has 4 rings (SSSR count). The third-order valence-electron chi connectivity index (χ3n) is 6.34. The summed E-state index contributed by atoms with van der Waals surface area (Å²) >= 11 is 0. The molecule has 10 nitrogen and oxygen atoms in total. The number of nitrogens with zero attached hydrogens (tertiary/aromatic N) is 4. The van der Waals surface area contributed by atoms with Crippen LogP contribution in [-0.2, 0) is 9.59 Å². The van der Waals surface area contributed by atoms with Crippen LogP contribution >= 0.6 is 0 Å². The number of benzene rings is 1. The van der Waals surface area contributed by atoms with Crippen LogP contribution in [0, 0.1) is 24.2 Å². The second-order valence-electron chi connectivity index (χ2n) is 8.78. The number of aromatic nitrogens is 2. The van der Waals surface area contributed by atoms with Gasteiger partial charge in [0.1, 0.15) is 28.9 Å². The van der Waals surface area contributed by atoms with Gasteiger partial charge in [-0.2, -0.15) is 5.26 Å². The normalized spacial score (nSPS) is 14.3. The number of hydrogen-bond donors (Lipinski definition) is 2. The van der Waals surface area contributed by atoms with Crippen LogP contribution in [0.5, 0.6) is 5.75 Å². The van der Waals surface area contributed by atoms with Crippen molar-refractivity contribution in [1.29, 1.82) is 5.26 Å². The number of pyridine rings is 1. The van der Waals surface area contributed by atoms with Crippen LogP contribution in [-0.4, -0.2) is 40.9 Å². The SMILES string of the molecule is CCOc1ccc(NC(=O)/C(C#N)=C/c2c(N3CCC(C(N)=O)CC3)nc3c(C)cccn3c2=O)cc1. The van der Waals surface area contributed by atoms with Gasteiger partial charge in [0.15, 0.2) is 0 Å². The molecule has 1 fully saturated rings. The minimum atomic E-state index is -0.654. The molecule has 190 valence electrons. The molecule has 0 radical (unpaired) electrons. The number of rotatable bonds is 7. The van der Waals surface area contributed by atoms with Gasteiger partial charge in [-0.05, 0) is 68.7 Å². The molecule has 1 saturated heterocycles. The van der Waals surface area contributed by atoms with E-state index in [4.69, 9.17) is 15.5 Å². The summed E-state index contributed by atoms with van der Waals surface area (Å²) < 4.78 is 6.81. The van der Waals surface area contributed by atoms with Crippen LogP contribution in [0.2, 0.25) is 0 Å². The molecule has 0 unspecified atom stereocenters. The second-order valence-corrected chi connectivity index (χ2v) is 8.78. The van der Waals surface area contributed by atoms with Crippen molar-refractivity contribution >= 4 is 35.0 Å². The van der Waals surface area contributed by atoms with E-state index in [1.54, 1.807) is 36.5 Å². The molecular formula is C27H28N6O4. The summed E-state index contributed by atoms with van der Waals surface area (Å²) in [5, 5.41) is 12.5. The van der Waals surface area contributed by atoms with Crippen molar-refractivity contribution in [2.24, 2.45) is 11.7 Å². The Bertz CT molecular complexity index is 1460. The number of aryl methyl sites for hydroxylation is 1. The third-order valence-corrected chi connectivity index (χ3v) is 6.34. The number of fused-ring (bicyclic) bond motifs is 1. The molecule has 0 saturated carbocycles. The van der Waals surface area contributed by atoms with Crippen molar-refractivity contribution in [2.75, 3.05) is 29.9 Å². The number of carbonyl (C=O) groups excluding carboxylic acids is 2. The largest absolute Gasteiger partial charge is 0.494 e. The monoisotopic (exact) mass is 500 g/mol. The summed E-state index contributed by atoms with van der Waals surface area (Å²) in [5.74, 6) is -0.220. The van der Waals surface area contributed by atoms with E-state index in [1.807, 2.05) is 30.9 Å². The summed E-state index contributed by atoms with van der Waals surface area (Å²) in [6.45, 7) is 5.17. The Morgan fingerprint density at radius 2 is 1.95 bits per heavy atom. The molecule has 3 N–H and O–H groups in total. The number of nitriles is 1. The summed E-state index contributed by atoms with van der Waals surface area (Å²) in [5.41, 5.74) is 6.72. The van der Waals surface area contributed by atoms with E-state index in [0.717, 1.165) is 5.56 Å². The van der Waals surface area contributed by atoms with E-state index in [2.05, 4.69) is 5.32 Å². The highest BCUT2D eigenvalue weighted by Gasteiger charge is 2.27. The van der Waals surface area contributed by atoms with Crippen molar-refractivity contribution < 1.29 is 14.3 Å². The molecule has 0 atom stereocenters. The molecule has 1 aliphatic rings. The number of nitrogens with one attached hydrogen (secondary N) is 1. The summed E-state index contributed by atoms with van der Waals surface area (Å²) in [6, 6.07) is 12.3. The van der Waals surface area contributed by atoms with Crippen molar-refractivity contribution in [2.45, 2.75) is 26.7 Å². The lowest BCUT2D eigenvalue weighted by Crippen LogP contribution is -2.40. The number of ether oxygens (including phenoxy) is 1. The van der Waals surface area contributed by atoms with Crippen LogP contribution < -0.4 is 26.2 Å². The zero-order chi connectivity index (χ0) is 26.5. The first-order valence-electron chi connectivity index (χ1n) is 12.0. The topological polar surface area (TPSA) is 143 Å². The molecule has 3 heterocycles. The van der Waals surface area contributed by atoms with E-state index in [-0.39, 0.29) is 23.0 Å². The minimum absolute atomic E-state index is 0.124. The van der Waals surface area contributed by atoms with Gasteiger partial charge >= 0.3 is 0 Å². The minimum Gasteiger partial charge on any atom is -0.494 e. The molecule has 37 heavy (non-hydrogen) atoms. The fourth-order valence-electron chi connectivity index (χ4n) is 4.34. The van der Waals surface area contributed by atoms with E-state index in [1.165, 1.54) is 10.5 Å². The number of piperidine rings is 1. The first-order chi connectivity index (χ1) is 17.8. The van der Waals surface area contributed by atoms with Gasteiger partial charge in [-0.15, -0.1) is 0 Å². The Morgan fingerprint density at radius 1 is 1.24 bits per heavy atom. The van der Waals surface area contributed by atoms with Crippen molar-refractivity contribution in [1.82, 2.24) is 9.38 Å². The van der Waals surface area contributed by atoms with Crippen molar-refractivity contribution in [3.05, 3.63) is 69.6 Å². The zero-order valence-corrected chi connectivity index (χ0v) is 20.7. The van der Waals surface area contributed by atoms with E-state index in [9.17, 15) is 19.6 Å². The first-order valence-corrected chi connectivity index (χ1v) is 12.0. The Hall–Kier alpha value is -4.65. The van der Waals surface area contributed by atoms with Gasteiger partial charge in [0.25, 0.3) is 11.5 Å². The number of amides is 2. The fraction of sp³-hybridized carbons (Fsp3) is 0.296. The average Bonchev–Trinajstić information content (AvgIpc) is 2.90. The van der Waals surface area contributed by atoms with Gasteiger partial charge in [-0.1, -0.05) is 6.07 Å². The van der Waals surface area contributed by atoms with Crippen LogP contribution in [0.4, 0.5) is 11.5 Å². The zero-order valence-electron chi connectivity index (χ0n) is 20.7. The van der Waals surface area contributed by atoms with Gasteiger partial charge in [-0.3, -0.25) is 18.8 Å². The highest BCUT2D eigenvalue weighted by molar-refractivity contribution is 6.10. The molecule has 0 spiro atoms. The molecule has 2 amide bonds. The second kappa shape index (κ2) is 11.0. The summed E-state index contributed by atoms with van der Waals surface area (Å²) in [6.07, 6.45) is 3.93. The number of carbonyl (C=O) groups is 2. The van der Waals surface area contributed by atoms with E-state index < -0.39 is 11.5 Å². The Kier molecular flexibility index (Phi) is 7.53. The fourth-order valence-corrected chi connectivity index (χ4v) is 4.34. The maximum Gasteiger partial charge on any atom is 0.267 e. The highest BCUT2D eigenvalue weighted by Crippen LogP contribution is 2.26. The van der Waals surface area contributed by atoms with Crippen LogP contribution in [0.25, 0.3) is 11.7 Å². The van der Waals surface area contributed by atoms with Crippen molar-refractivity contribution in [3.63, 3.8) is 0 Å². The lowest BCUT2D eigenvalue weighted by Gasteiger charge is -2.32. The van der Waals surface area contributed by atoms with Gasteiger partial charge in [0.2, 0.25) is 5.91 Å². The third kappa shape index (κ3) is 5.46. The molecule has 0 aliphatic carbocycles. The van der Waals surface area contributed by atoms with Gasteiger partial charge in [0.05, 0.1) is 12.2 Å². The molecular weight excluding hydrogens is 472 g/mol. The molecule has 2 aromatic heterocycles. The highest BCUT2D eigenvalue weighted by atomic mass is 16.5. The van der Waals surface area contributed by atoms with Crippen molar-refractivity contribution in [3.8, 4) is 11.8 Å². The van der Waals surface area contributed by atoms with Gasteiger partial charge < -0.3 is 20.7 Å². The molecule has 10 heteroatoms. The lowest BCUT2D eigenvalue weighted by atomic mass is 9.96. The molecule has 1 aromatic carbocycles. The van der Waals surface area contributed by atoms with Crippen LogP contribution in [0.3, 0.4) is 0 Å². The Morgan fingerprint density at radius 3 is 2.57 bits per heavy atom.